The fourth-order valence-electron chi connectivity index (χ4n) is 2.79. The number of aromatic amines is 1. The van der Waals surface area contributed by atoms with Gasteiger partial charge in [0.25, 0.3) is 0 Å². The minimum atomic E-state index is 0.423. The number of aryl methyl sites for hydroxylation is 1. The summed E-state index contributed by atoms with van der Waals surface area (Å²) in [5, 5.41) is 6.36. The van der Waals surface area contributed by atoms with Gasteiger partial charge in [0.05, 0.1) is 17.7 Å². The topological polar surface area (TPSA) is 94.6 Å². The fraction of sp³-hybridized carbons (Fsp3) is 0.188. The van der Waals surface area contributed by atoms with Gasteiger partial charge in [-0.05, 0) is 31.2 Å². The van der Waals surface area contributed by atoms with E-state index in [0.29, 0.717) is 18.1 Å². The zero-order valence-electron chi connectivity index (χ0n) is 12.9. The van der Waals surface area contributed by atoms with Gasteiger partial charge in [-0.25, -0.2) is 14.6 Å². The Hall–Kier alpha value is -3.09. The zero-order valence-corrected chi connectivity index (χ0v) is 12.9. The Labute approximate surface area is 132 Å². The van der Waals surface area contributed by atoms with Gasteiger partial charge in [0.15, 0.2) is 5.65 Å². The van der Waals surface area contributed by atoms with E-state index >= 15 is 0 Å². The summed E-state index contributed by atoms with van der Waals surface area (Å²) in [6.07, 6.45) is 1.45. The number of hydrogen-bond acceptors (Lipinski definition) is 5. The summed E-state index contributed by atoms with van der Waals surface area (Å²) in [7, 11) is 1.84. The molecule has 0 unspecified atom stereocenters. The van der Waals surface area contributed by atoms with Crippen molar-refractivity contribution in [2.75, 3.05) is 12.3 Å². The molecular weight excluding hydrogens is 292 g/mol. The zero-order chi connectivity index (χ0) is 16.0. The molecule has 0 atom stereocenters. The Kier molecular flexibility index (Phi) is 2.94. The van der Waals surface area contributed by atoms with E-state index in [-0.39, 0.29) is 0 Å². The average molecular weight is 308 g/mol. The summed E-state index contributed by atoms with van der Waals surface area (Å²) in [5.41, 5.74) is 9.37. The molecule has 4 aromatic rings. The van der Waals surface area contributed by atoms with E-state index in [2.05, 4.69) is 20.1 Å². The minimum absolute atomic E-state index is 0.423. The number of ether oxygens (including phenoxy) is 1. The number of anilines is 1. The molecule has 0 saturated carbocycles. The van der Waals surface area contributed by atoms with Gasteiger partial charge in [-0.2, -0.15) is 5.10 Å². The van der Waals surface area contributed by atoms with Crippen molar-refractivity contribution < 1.29 is 4.74 Å². The number of benzene rings is 1. The third kappa shape index (κ3) is 2.09. The highest BCUT2D eigenvalue weighted by Gasteiger charge is 2.17. The molecule has 7 nitrogen and oxygen atoms in total. The standard InChI is InChI=1S/C16H16N6O/c1-3-23-10-4-5-11-9(6-10)7-12(20-11)14-13-15(17)18-8-19-16(13)22(2)21-14/h4-8,20H,3H2,1-2H3,(H2,17,18,19). The van der Waals surface area contributed by atoms with Crippen LogP contribution < -0.4 is 10.5 Å². The summed E-state index contributed by atoms with van der Waals surface area (Å²) >= 11 is 0. The van der Waals surface area contributed by atoms with Crippen LogP contribution >= 0.6 is 0 Å². The van der Waals surface area contributed by atoms with Gasteiger partial charge < -0.3 is 15.5 Å². The fourth-order valence-corrected chi connectivity index (χ4v) is 2.79. The summed E-state index contributed by atoms with van der Waals surface area (Å²) in [6.45, 7) is 2.61. The van der Waals surface area contributed by atoms with Crippen LogP contribution in [0.4, 0.5) is 5.82 Å². The first-order valence-corrected chi connectivity index (χ1v) is 7.36. The predicted molar refractivity (Wildman–Crippen MR) is 89.2 cm³/mol. The van der Waals surface area contributed by atoms with Crippen LogP contribution in [-0.2, 0) is 7.05 Å². The lowest BCUT2D eigenvalue weighted by molar-refractivity contribution is 0.341. The predicted octanol–water partition coefficient (Wildman–Crippen LogP) is 2.49. The molecular formula is C16H16N6O. The lowest BCUT2D eigenvalue weighted by atomic mass is 10.2. The van der Waals surface area contributed by atoms with Crippen LogP contribution in [0.15, 0.2) is 30.6 Å². The highest BCUT2D eigenvalue weighted by molar-refractivity contribution is 5.99. The molecule has 0 aliphatic rings. The van der Waals surface area contributed by atoms with Crippen LogP contribution in [-0.4, -0.2) is 31.3 Å². The van der Waals surface area contributed by atoms with E-state index in [4.69, 9.17) is 10.5 Å². The molecule has 0 aliphatic carbocycles. The molecule has 3 N–H and O–H groups in total. The van der Waals surface area contributed by atoms with E-state index in [1.54, 1.807) is 4.68 Å². The molecule has 0 amide bonds. The summed E-state index contributed by atoms with van der Waals surface area (Å²) < 4.78 is 7.26. The number of H-pyrrole nitrogens is 1. The number of aromatic nitrogens is 5. The Morgan fingerprint density at radius 2 is 2.13 bits per heavy atom. The summed E-state index contributed by atoms with van der Waals surface area (Å²) in [6, 6.07) is 7.98. The van der Waals surface area contributed by atoms with Crippen LogP contribution in [0.3, 0.4) is 0 Å². The van der Waals surface area contributed by atoms with Crippen LogP contribution in [0.1, 0.15) is 6.92 Å². The van der Waals surface area contributed by atoms with E-state index in [1.807, 2.05) is 38.2 Å². The van der Waals surface area contributed by atoms with Crippen molar-refractivity contribution >= 4 is 27.8 Å². The molecule has 116 valence electrons. The molecule has 3 aromatic heterocycles. The Balaban J connectivity index is 1.92. The second-order valence-corrected chi connectivity index (χ2v) is 5.29. The van der Waals surface area contributed by atoms with Gasteiger partial charge in [-0.1, -0.05) is 0 Å². The van der Waals surface area contributed by atoms with E-state index < -0.39 is 0 Å². The number of nitrogens with zero attached hydrogens (tertiary/aromatic N) is 4. The molecule has 0 fully saturated rings. The van der Waals surface area contributed by atoms with Crippen LogP contribution in [0.2, 0.25) is 0 Å². The molecule has 0 radical (unpaired) electrons. The summed E-state index contributed by atoms with van der Waals surface area (Å²) in [5.74, 6) is 1.27. The van der Waals surface area contributed by atoms with Gasteiger partial charge in [0, 0.05) is 18.0 Å². The smallest absolute Gasteiger partial charge is 0.163 e. The Morgan fingerprint density at radius 1 is 1.26 bits per heavy atom. The SMILES string of the molecule is CCOc1ccc2[nH]c(-c3nn(C)c4ncnc(N)c34)cc2c1. The number of rotatable bonds is 3. The van der Waals surface area contributed by atoms with Gasteiger partial charge in [0.2, 0.25) is 0 Å². The lowest BCUT2D eigenvalue weighted by Gasteiger charge is -2.01. The third-order valence-electron chi connectivity index (χ3n) is 3.81. The minimum Gasteiger partial charge on any atom is -0.494 e. The van der Waals surface area contributed by atoms with Crippen molar-refractivity contribution in [3.8, 4) is 17.1 Å². The summed E-state index contributed by atoms with van der Waals surface area (Å²) in [4.78, 5) is 11.7. The number of hydrogen-bond donors (Lipinski definition) is 2. The van der Waals surface area contributed by atoms with Gasteiger partial charge in [-0.15, -0.1) is 0 Å². The number of nitrogens with one attached hydrogen (secondary N) is 1. The second kappa shape index (κ2) is 4.98. The second-order valence-electron chi connectivity index (χ2n) is 5.29. The number of nitrogens with two attached hydrogens (primary N) is 1. The van der Waals surface area contributed by atoms with Crippen molar-refractivity contribution in [3.63, 3.8) is 0 Å². The maximum absolute atomic E-state index is 6.03. The molecule has 4 rings (SSSR count). The van der Waals surface area contributed by atoms with Gasteiger partial charge in [0.1, 0.15) is 23.6 Å². The van der Waals surface area contributed by atoms with Crippen molar-refractivity contribution in [2.45, 2.75) is 6.92 Å². The first-order chi connectivity index (χ1) is 11.2. The highest BCUT2D eigenvalue weighted by atomic mass is 16.5. The molecule has 0 saturated heterocycles. The maximum Gasteiger partial charge on any atom is 0.163 e. The molecule has 7 heteroatoms. The normalized spacial score (nSPS) is 11.4. The Bertz CT molecular complexity index is 1020. The molecule has 0 spiro atoms. The maximum atomic E-state index is 6.03. The van der Waals surface area contributed by atoms with E-state index in [9.17, 15) is 0 Å². The van der Waals surface area contributed by atoms with Crippen molar-refractivity contribution in [3.05, 3.63) is 30.6 Å². The first kappa shape index (κ1) is 13.6. The van der Waals surface area contributed by atoms with Crippen LogP contribution in [0, 0.1) is 0 Å². The largest absolute Gasteiger partial charge is 0.494 e. The van der Waals surface area contributed by atoms with E-state index in [0.717, 1.165) is 33.4 Å². The van der Waals surface area contributed by atoms with Crippen molar-refractivity contribution in [2.24, 2.45) is 7.05 Å². The quantitative estimate of drug-likeness (QED) is 0.606. The number of nitrogen functional groups attached to an aromatic ring is 1. The molecule has 0 aliphatic heterocycles. The van der Waals surface area contributed by atoms with Crippen molar-refractivity contribution in [1.82, 2.24) is 24.7 Å². The highest BCUT2D eigenvalue weighted by Crippen LogP contribution is 2.32. The average Bonchev–Trinajstić information content (AvgIpc) is 3.10. The molecule has 3 heterocycles. The van der Waals surface area contributed by atoms with Crippen LogP contribution in [0.5, 0.6) is 5.75 Å². The number of fused-ring (bicyclic) bond motifs is 2. The first-order valence-electron chi connectivity index (χ1n) is 7.36. The van der Waals surface area contributed by atoms with E-state index in [1.165, 1.54) is 6.33 Å². The Morgan fingerprint density at radius 3 is 2.96 bits per heavy atom. The van der Waals surface area contributed by atoms with Gasteiger partial charge >= 0.3 is 0 Å². The molecule has 23 heavy (non-hydrogen) atoms. The van der Waals surface area contributed by atoms with Crippen LogP contribution in [0.25, 0.3) is 33.3 Å². The lowest BCUT2D eigenvalue weighted by Crippen LogP contribution is -1.95. The monoisotopic (exact) mass is 308 g/mol. The van der Waals surface area contributed by atoms with Crippen molar-refractivity contribution in [1.29, 1.82) is 0 Å². The molecule has 1 aromatic carbocycles. The van der Waals surface area contributed by atoms with Gasteiger partial charge in [-0.3, -0.25) is 0 Å². The third-order valence-corrected chi connectivity index (χ3v) is 3.81. The molecule has 0 bridgehead atoms.